The number of aromatic nitrogens is 2. The highest BCUT2D eigenvalue weighted by Crippen LogP contribution is 2.26. The third-order valence-corrected chi connectivity index (χ3v) is 7.16. The summed E-state index contributed by atoms with van der Waals surface area (Å²) in [5.41, 5.74) is 3.41. The largest absolute Gasteiger partial charge is 0.497 e. The molecule has 2 aromatic carbocycles. The number of anilines is 2. The molecular weight excluding hydrogens is 464 g/mol. The fraction of sp³-hybridized carbons (Fsp3) is 0.154. The summed E-state index contributed by atoms with van der Waals surface area (Å²) < 4.78 is 35.7. The van der Waals surface area contributed by atoms with Gasteiger partial charge in [-0.1, -0.05) is 12.1 Å². The van der Waals surface area contributed by atoms with Crippen molar-refractivity contribution in [1.29, 1.82) is 0 Å². The van der Waals surface area contributed by atoms with Crippen LogP contribution in [0, 0.1) is 20.8 Å². The lowest BCUT2D eigenvalue weighted by Crippen LogP contribution is -2.16. The molecule has 0 unspecified atom stereocenters. The molecule has 0 radical (unpaired) electrons. The molecule has 2 aromatic heterocycles. The van der Waals surface area contributed by atoms with Gasteiger partial charge in [0.25, 0.3) is 15.9 Å². The Labute approximate surface area is 204 Å². The van der Waals surface area contributed by atoms with Crippen molar-refractivity contribution in [3.8, 4) is 11.6 Å². The standard InChI is InChI=1S/C26H26N4O4S/c1-17-8-9-21(16-24(17)35(32,33)29-20-10-12-22(34-4)13-11-20)28-26(31)23-15-18(2)30(19(23)3)25-7-5-6-14-27-25/h5-16,29H,1-4H3,(H,28,31). The normalized spacial score (nSPS) is 11.2. The average Bonchev–Trinajstić information content (AvgIpc) is 3.14. The first-order valence-electron chi connectivity index (χ1n) is 10.9. The van der Waals surface area contributed by atoms with Crippen molar-refractivity contribution >= 4 is 27.3 Å². The number of benzene rings is 2. The molecule has 180 valence electrons. The molecule has 0 saturated carbocycles. The smallest absolute Gasteiger partial charge is 0.262 e. The van der Waals surface area contributed by atoms with Crippen LogP contribution < -0.4 is 14.8 Å². The molecule has 0 spiro atoms. The summed E-state index contributed by atoms with van der Waals surface area (Å²) in [6, 6.07) is 18.7. The lowest BCUT2D eigenvalue weighted by Gasteiger charge is -2.13. The first kappa shape index (κ1) is 24.0. The summed E-state index contributed by atoms with van der Waals surface area (Å²) in [6.07, 6.45) is 1.70. The number of nitrogens with one attached hydrogen (secondary N) is 2. The second-order valence-electron chi connectivity index (χ2n) is 8.08. The number of hydrogen-bond acceptors (Lipinski definition) is 5. The van der Waals surface area contributed by atoms with Gasteiger partial charge in [0.15, 0.2) is 0 Å². The molecule has 0 bridgehead atoms. The monoisotopic (exact) mass is 490 g/mol. The van der Waals surface area contributed by atoms with Crippen LogP contribution in [0.15, 0.2) is 77.8 Å². The van der Waals surface area contributed by atoms with Crippen LogP contribution in [0.4, 0.5) is 11.4 Å². The number of pyridine rings is 1. The highest BCUT2D eigenvalue weighted by Gasteiger charge is 2.20. The van der Waals surface area contributed by atoms with Gasteiger partial charge in [0.05, 0.1) is 17.6 Å². The Balaban J connectivity index is 1.59. The number of amides is 1. The molecule has 9 heteroatoms. The zero-order valence-electron chi connectivity index (χ0n) is 19.9. The van der Waals surface area contributed by atoms with Gasteiger partial charge >= 0.3 is 0 Å². The van der Waals surface area contributed by atoms with Crippen LogP contribution in [0.25, 0.3) is 5.82 Å². The fourth-order valence-corrected chi connectivity index (χ4v) is 5.20. The van der Waals surface area contributed by atoms with Gasteiger partial charge in [-0.2, -0.15) is 0 Å². The quantitative estimate of drug-likeness (QED) is 0.385. The van der Waals surface area contributed by atoms with Crippen molar-refractivity contribution < 1.29 is 17.9 Å². The number of sulfonamides is 1. The van der Waals surface area contributed by atoms with Crippen LogP contribution in [-0.2, 0) is 10.0 Å². The second kappa shape index (κ2) is 9.63. The lowest BCUT2D eigenvalue weighted by atomic mass is 10.2. The predicted molar refractivity (Wildman–Crippen MR) is 136 cm³/mol. The molecule has 0 aliphatic carbocycles. The Morgan fingerprint density at radius 3 is 2.31 bits per heavy atom. The van der Waals surface area contributed by atoms with Crippen LogP contribution >= 0.6 is 0 Å². The number of carbonyl (C=O) groups is 1. The van der Waals surface area contributed by atoms with Crippen molar-refractivity contribution in [2.45, 2.75) is 25.7 Å². The maximum atomic E-state index is 13.1. The number of methoxy groups -OCH3 is 1. The Morgan fingerprint density at radius 1 is 0.943 bits per heavy atom. The summed E-state index contributed by atoms with van der Waals surface area (Å²) in [7, 11) is -2.35. The van der Waals surface area contributed by atoms with E-state index >= 15 is 0 Å². The Kier molecular flexibility index (Phi) is 6.61. The summed E-state index contributed by atoms with van der Waals surface area (Å²) in [5.74, 6) is 1.00. The van der Waals surface area contributed by atoms with E-state index in [1.54, 1.807) is 62.7 Å². The van der Waals surface area contributed by atoms with Crippen LogP contribution in [0.3, 0.4) is 0 Å². The van der Waals surface area contributed by atoms with Crippen molar-refractivity contribution in [2.24, 2.45) is 0 Å². The number of aryl methyl sites for hydroxylation is 2. The summed E-state index contributed by atoms with van der Waals surface area (Å²) >= 11 is 0. The number of nitrogens with zero attached hydrogens (tertiary/aromatic N) is 2. The van der Waals surface area contributed by atoms with E-state index in [0.717, 1.165) is 17.2 Å². The van der Waals surface area contributed by atoms with E-state index in [4.69, 9.17) is 4.74 Å². The number of ether oxygens (including phenoxy) is 1. The topological polar surface area (TPSA) is 102 Å². The average molecular weight is 491 g/mol. The number of hydrogen-bond donors (Lipinski definition) is 2. The van der Waals surface area contributed by atoms with Crippen LogP contribution in [0.5, 0.6) is 5.75 Å². The summed E-state index contributed by atoms with van der Waals surface area (Å²) in [6.45, 7) is 5.45. The van der Waals surface area contributed by atoms with Gasteiger partial charge in [0, 0.05) is 29.0 Å². The minimum atomic E-state index is -3.89. The van der Waals surface area contributed by atoms with E-state index < -0.39 is 10.0 Å². The zero-order valence-corrected chi connectivity index (χ0v) is 20.7. The van der Waals surface area contributed by atoms with Crippen LogP contribution in [-0.4, -0.2) is 31.0 Å². The third kappa shape index (κ3) is 5.04. The molecule has 0 aliphatic heterocycles. The summed E-state index contributed by atoms with van der Waals surface area (Å²) in [4.78, 5) is 17.6. The Morgan fingerprint density at radius 2 is 1.66 bits per heavy atom. The molecule has 35 heavy (non-hydrogen) atoms. The minimum Gasteiger partial charge on any atom is -0.497 e. The first-order valence-corrected chi connectivity index (χ1v) is 12.4. The number of rotatable bonds is 7. The maximum Gasteiger partial charge on any atom is 0.262 e. The van der Waals surface area contributed by atoms with Crippen molar-refractivity contribution in [1.82, 2.24) is 9.55 Å². The minimum absolute atomic E-state index is 0.0741. The van der Waals surface area contributed by atoms with Gasteiger partial charge in [0.1, 0.15) is 11.6 Å². The van der Waals surface area contributed by atoms with E-state index in [0.29, 0.717) is 28.3 Å². The second-order valence-corrected chi connectivity index (χ2v) is 9.73. The molecule has 8 nitrogen and oxygen atoms in total. The molecule has 0 atom stereocenters. The van der Waals surface area contributed by atoms with E-state index in [1.165, 1.54) is 6.07 Å². The Hall–Kier alpha value is -4.11. The van der Waals surface area contributed by atoms with Crippen LogP contribution in [0.1, 0.15) is 27.3 Å². The zero-order chi connectivity index (χ0) is 25.2. The van der Waals surface area contributed by atoms with Crippen molar-refractivity contribution in [3.05, 3.63) is 95.4 Å². The molecule has 0 aliphatic rings. The van der Waals surface area contributed by atoms with Crippen molar-refractivity contribution in [2.75, 3.05) is 17.1 Å². The molecule has 0 fully saturated rings. The van der Waals surface area contributed by atoms with E-state index in [2.05, 4.69) is 15.0 Å². The van der Waals surface area contributed by atoms with Gasteiger partial charge < -0.3 is 14.6 Å². The van der Waals surface area contributed by atoms with Crippen molar-refractivity contribution in [3.63, 3.8) is 0 Å². The molecule has 2 N–H and O–H groups in total. The molecule has 4 rings (SSSR count). The maximum absolute atomic E-state index is 13.1. The predicted octanol–water partition coefficient (Wildman–Crippen LogP) is 4.86. The van der Waals surface area contributed by atoms with Gasteiger partial charge in [-0.3, -0.25) is 9.52 Å². The SMILES string of the molecule is COc1ccc(NS(=O)(=O)c2cc(NC(=O)c3cc(C)n(-c4ccccn4)c3C)ccc2C)cc1. The third-order valence-electron chi connectivity index (χ3n) is 5.63. The number of carbonyl (C=O) groups excluding carboxylic acids is 1. The molecular formula is C26H26N4O4S. The molecule has 1 amide bonds. The fourth-order valence-electron chi connectivity index (χ4n) is 3.87. The highest BCUT2D eigenvalue weighted by molar-refractivity contribution is 7.92. The highest BCUT2D eigenvalue weighted by atomic mass is 32.2. The van der Waals surface area contributed by atoms with Gasteiger partial charge in [-0.05, 0) is 80.9 Å². The first-order chi connectivity index (χ1) is 16.7. The Bertz CT molecular complexity index is 1480. The van der Waals surface area contributed by atoms with Gasteiger partial charge in [-0.15, -0.1) is 0 Å². The van der Waals surface area contributed by atoms with Crippen LogP contribution in [0.2, 0.25) is 0 Å². The van der Waals surface area contributed by atoms with E-state index in [1.807, 2.05) is 36.6 Å². The summed E-state index contributed by atoms with van der Waals surface area (Å²) in [5, 5.41) is 2.83. The van der Waals surface area contributed by atoms with E-state index in [-0.39, 0.29) is 10.8 Å². The lowest BCUT2D eigenvalue weighted by molar-refractivity contribution is 0.102. The van der Waals surface area contributed by atoms with Gasteiger partial charge in [0.2, 0.25) is 0 Å². The van der Waals surface area contributed by atoms with Gasteiger partial charge in [-0.25, -0.2) is 13.4 Å². The molecule has 4 aromatic rings. The molecule has 0 saturated heterocycles. The molecule has 2 heterocycles. The van der Waals surface area contributed by atoms with E-state index in [9.17, 15) is 13.2 Å².